The molecule has 1 heterocycles. The Morgan fingerprint density at radius 1 is 1.18 bits per heavy atom. The smallest absolute Gasteiger partial charge is 0.243 e. The van der Waals surface area contributed by atoms with E-state index in [2.05, 4.69) is 0 Å². The molecule has 2 atom stereocenters. The third-order valence-corrected chi connectivity index (χ3v) is 5.94. The maximum absolute atomic E-state index is 13.0. The van der Waals surface area contributed by atoms with Crippen LogP contribution in [0.25, 0.3) is 0 Å². The highest BCUT2D eigenvalue weighted by atomic mass is 32.2. The van der Waals surface area contributed by atoms with Crippen LogP contribution >= 0.6 is 0 Å². The van der Waals surface area contributed by atoms with E-state index in [1.54, 1.807) is 13.0 Å². The summed E-state index contributed by atoms with van der Waals surface area (Å²) in [7, 11) is -0.601. The van der Waals surface area contributed by atoms with Crippen molar-refractivity contribution in [2.45, 2.75) is 37.8 Å². The Balaban J connectivity index is 2.49. The summed E-state index contributed by atoms with van der Waals surface area (Å²) in [6, 6.07) is 3.00. The van der Waals surface area contributed by atoms with Gasteiger partial charge in [-0.15, -0.1) is 0 Å². The molecule has 1 fully saturated rings. The van der Waals surface area contributed by atoms with Gasteiger partial charge < -0.3 is 14.2 Å². The summed E-state index contributed by atoms with van der Waals surface area (Å²) in [5, 5.41) is 0. The number of hydrogen-bond donors (Lipinski definition) is 0. The lowest BCUT2D eigenvalue weighted by molar-refractivity contribution is -0.0170. The van der Waals surface area contributed by atoms with Crippen LogP contribution in [0.2, 0.25) is 0 Å². The minimum Gasteiger partial charge on any atom is -0.493 e. The van der Waals surface area contributed by atoms with E-state index in [1.807, 2.05) is 13.8 Å². The van der Waals surface area contributed by atoms with E-state index < -0.39 is 10.0 Å². The van der Waals surface area contributed by atoms with Crippen LogP contribution in [0.5, 0.6) is 11.5 Å². The number of rotatable bonds is 4. The van der Waals surface area contributed by atoms with Gasteiger partial charge in [-0.2, -0.15) is 4.31 Å². The largest absolute Gasteiger partial charge is 0.493 e. The van der Waals surface area contributed by atoms with Gasteiger partial charge in [-0.25, -0.2) is 8.42 Å². The van der Waals surface area contributed by atoms with Crippen molar-refractivity contribution in [2.24, 2.45) is 0 Å². The molecule has 7 heteroatoms. The molecule has 1 saturated heterocycles. The fourth-order valence-electron chi connectivity index (χ4n) is 2.57. The fraction of sp³-hybridized carbons (Fsp3) is 0.600. The van der Waals surface area contributed by atoms with Gasteiger partial charge in [-0.1, -0.05) is 0 Å². The summed E-state index contributed by atoms with van der Waals surface area (Å²) in [6.07, 6.45) is -0.119. The first-order valence-corrected chi connectivity index (χ1v) is 8.61. The van der Waals surface area contributed by atoms with Gasteiger partial charge in [0.25, 0.3) is 0 Å². The molecule has 0 aliphatic carbocycles. The number of morpholine rings is 1. The number of hydrogen-bond acceptors (Lipinski definition) is 5. The van der Waals surface area contributed by atoms with Gasteiger partial charge in [0.1, 0.15) is 0 Å². The lowest BCUT2D eigenvalue weighted by Crippen LogP contribution is -2.50. The second-order valence-electron chi connectivity index (χ2n) is 5.54. The van der Waals surface area contributed by atoms with Crippen molar-refractivity contribution in [1.29, 1.82) is 0 Å². The Hall–Kier alpha value is -1.31. The first-order chi connectivity index (χ1) is 10.3. The number of sulfonamides is 1. The molecule has 0 amide bonds. The first-order valence-electron chi connectivity index (χ1n) is 7.17. The quantitative estimate of drug-likeness (QED) is 0.843. The number of ether oxygens (including phenoxy) is 3. The molecule has 0 N–H and O–H groups in total. The van der Waals surface area contributed by atoms with E-state index in [4.69, 9.17) is 14.2 Å². The van der Waals surface area contributed by atoms with Gasteiger partial charge in [0.2, 0.25) is 10.0 Å². The maximum atomic E-state index is 13.0. The number of benzene rings is 1. The zero-order valence-corrected chi connectivity index (χ0v) is 14.4. The van der Waals surface area contributed by atoms with Crippen LogP contribution in [0.1, 0.15) is 19.4 Å². The van der Waals surface area contributed by atoms with Crippen LogP contribution in [-0.2, 0) is 14.8 Å². The van der Waals surface area contributed by atoms with Crippen LogP contribution in [0.15, 0.2) is 17.0 Å². The molecule has 1 aliphatic rings. The minimum atomic E-state index is -3.61. The molecule has 0 spiro atoms. The van der Waals surface area contributed by atoms with Gasteiger partial charge >= 0.3 is 0 Å². The molecular formula is C15H23NO5S. The van der Waals surface area contributed by atoms with Crippen molar-refractivity contribution in [3.63, 3.8) is 0 Å². The van der Waals surface area contributed by atoms with E-state index in [9.17, 15) is 8.42 Å². The molecule has 22 heavy (non-hydrogen) atoms. The van der Waals surface area contributed by atoms with Crippen molar-refractivity contribution >= 4 is 10.0 Å². The van der Waals surface area contributed by atoms with E-state index in [0.29, 0.717) is 30.2 Å². The van der Waals surface area contributed by atoms with Crippen LogP contribution in [-0.4, -0.2) is 52.2 Å². The molecule has 1 aromatic carbocycles. The van der Waals surface area contributed by atoms with Crippen LogP contribution in [0.3, 0.4) is 0 Å². The molecular weight excluding hydrogens is 306 g/mol. The molecule has 0 radical (unpaired) electrons. The van der Waals surface area contributed by atoms with Crippen LogP contribution in [0, 0.1) is 6.92 Å². The van der Waals surface area contributed by atoms with Gasteiger partial charge in [0.05, 0.1) is 31.8 Å². The molecule has 0 unspecified atom stereocenters. The summed E-state index contributed by atoms with van der Waals surface area (Å²) < 4.78 is 43.5. The third-order valence-electron chi connectivity index (χ3n) is 3.82. The van der Waals surface area contributed by atoms with Crippen molar-refractivity contribution in [3.05, 3.63) is 17.7 Å². The highest BCUT2D eigenvalue weighted by Crippen LogP contribution is 2.34. The predicted octanol–water partition coefficient (Wildman–Crippen LogP) is 1.81. The van der Waals surface area contributed by atoms with Gasteiger partial charge in [-0.3, -0.25) is 0 Å². The summed E-state index contributed by atoms with van der Waals surface area (Å²) in [5.74, 6) is 0.919. The molecule has 1 aromatic rings. The van der Waals surface area contributed by atoms with Crippen molar-refractivity contribution in [3.8, 4) is 11.5 Å². The van der Waals surface area contributed by atoms with Crippen LogP contribution < -0.4 is 9.47 Å². The molecule has 0 saturated carbocycles. The Kier molecular flexibility index (Phi) is 4.99. The second kappa shape index (κ2) is 6.44. The molecule has 1 aliphatic heterocycles. The zero-order chi connectivity index (χ0) is 16.5. The van der Waals surface area contributed by atoms with E-state index >= 15 is 0 Å². The lowest BCUT2D eigenvalue weighted by Gasteiger charge is -2.36. The Bertz CT molecular complexity index is 644. The first kappa shape index (κ1) is 17.1. The van der Waals surface area contributed by atoms with Gasteiger partial charge in [0, 0.05) is 18.7 Å². The van der Waals surface area contributed by atoms with E-state index in [0.717, 1.165) is 0 Å². The second-order valence-corrected chi connectivity index (χ2v) is 7.40. The van der Waals surface area contributed by atoms with E-state index in [1.165, 1.54) is 24.6 Å². The van der Waals surface area contributed by atoms with E-state index in [-0.39, 0.29) is 17.0 Å². The van der Waals surface area contributed by atoms with Crippen molar-refractivity contribution in [1.82, 2.24) is 4.31 Å². The average molecular weight is 329 g/mol. The SMILES string of the molecule is COc1cc(C)c(S(=O)(=O)N2C[C@@H](C)OC[C@@H]2C)cc1OC. The average Bonchev–Trinajstić information content (AvgIpc) is 2.48. The molecule has 0 bridgehead atoms. The molecule has 2 rings (SSSR count). The van der Waals surface area contributed by atoms with Gasteiger partial charge in [-0.05, 0) is 32.4 Å². The van der Waals surface area contributed by atoms with Crippen molar-refractivity contribution < 1.29 is 22.6 Å². The maximum Gasteiger partial charge on any atom is 0.243 e. The number of methoxy groups -OCH3 is 2. The summed E-state index contributed by atoms with van der Waals surface area (Å²) in [4.78, 5) is 0.242. The summed E-state index contributed by atoms with van der Waals surface area (Å²) in [5.41, 5.74) is 0.629. The predicted molar refractivity (Wildman–Crippen MR) is 83.1 cm³/mol. The third kappa shape index (κ3) is 3.06. The molecule has 0 aromatic heterocycles. The molecule has 124 valence electrons. The number of nitrogens with zero attached hydrogens (tertiary/aromatic N) is 1. The summed E-state index contributed by atoms with van der Waals surface area (Å²) >= 11 is 0. The Morgan fingerprint density at radius 3 is 2.36 bits per heavy atom. The Morgan fingerprint density at radius 2 is 1.77 bits per heavy atom. The zero-order valence-electron chi connectivity index (χ0n) is 13.6. The summed E-state index contributed by atoms with van der Waals surface area (Å²) in [6.45, 7) is 6.21. The minimum absolute atomic E-state index is 0.119. The van der Waals surface area contributed by atoms with Gasteiger partial charge in [0.15, 0.2) is 11.5 Å². The normalized spacial score (nSPS) is 23.3. The lowest BCUT2D eigenvalue weighted by atomic mass is 10.2. The standard InChI is InChI=1S/C15H23NO5S/c1-10-6-13(19-4)14(20-5)7-15(10)22(17,18)16-8-12(3)21-9-11(16)2/h6-7,11-12H,8-9H2,1-5H3/t11-,12+/m0/s1. The molecule has 6 nitrogen and oxygen atoms in total. The highest BCUT2D eigenvalue weighted by Gasteiger charge is 2.35. The monoisotopic (exact) mass is 329 g/mol. The topological polar surface area (TPSA) is 65.1 Å². The van der Waals surface area contributed by atoms with Crippen molar-refractivity contribution in [2.75, 3.05) is 27.4 Å². The van der Waals surface area contributed by atoms with Crippen LogP contribution in [0.4, 0.5) is 0 Å². The number of aryl methyl sites for hydroxylation is 1. The fourth-order valence-corrected chi connectivity index (χ4v) is 4.49. The highest BCUT2D eigenvalue weighted by molar-refractivity contribution is 7.89. The Labute approximate surface area is 132 Å².